The van der Waals surface area contributed by atoms with Crippen molar-refractivity contribution in [3.63, 3.8) is 0 Å². The maximum Gasteiger partial charge on any atom is 0.128 e. The van der Waals surface area contributed by atoms with Gasteiger partial charge >= 0.3 is 0 Å². The number of benzene rings is 1. The van der Waals surface area contributed by atoms with Crippen LogP contribution >= 0.6 is 0 Å². The molecule has 1 aromatic carbocycles. The second-order valence-electron chi connectivity index (χ2n) is 6.24. The highest BCUT2D eigenvalue weighted by atomic mass is 16.5. The minimum absolute atomic E-state index is 0.0331. The number of hydrogen-bond acceptors (Lipinski definition) is 7. The van der Waals surface area contributed by atoms with Crippen molar-refractivity contribution in [2.75, 3.05) is 45.9 Å². The summed E-state index contributed by atoms with van der Waals surface area (Å²) in [5.41, 5.74) is 0.860. The number of carboxylic acids is 1. The lowest BCUT2D eigenvalue weighted by Crippen LogP contribution is -2.51. The van der Waals surface area contributed by atoms with Crippen LogP contribution in [0.3, 0.4) is 0 Å². The number of fused-ring (bicyclic) bond motifs is 1. The lowest BCUT2D eigenvalue weighted by Gasteiger charge is -2.35. The Morgan fingerprint density at radius 3 is 2.72 bits per heavy atom. The van der Waals surface area contributed by atoms with E-state index in [2.05, 4.69) is 9.88 Å². The van der Waals surface area contributed by atoms with Crippen LogP contribution in [0.5, 0.6) is 5.75 Å². The number of carbonyl (C=O) groups is 1. The lowest BCUT2D eigenvalue weighted by atomic mass is 10.2. The summed E-state index contributed by atoms with van der Waals surface area (Å²) in [6.45, 7) is 3.45. The van der Waals surface area contributed by atoms with E-state index < -0.39 is 12.1 Å². The number of pyridine rings is 1. The largest absolute Gasteiger partial charge is 0.549 e. The Morgan fingerprint density at radius 1 is 1.20 bits per heavy atom. The van der Waals surface area contributed by atoms with Crippen molar-refractivity contribution in [1.82, 2.24) is 14.8 Å². The van der Waals surface area contributed by atoms with Gasteiger partial charge in [-0.15, -0.1) is 0 Å². The standard InChI is InChI=1S/C18H23N3O4/c22-14(11-20-7-9-21(10-8-20)12-18(23)24)13-25-17-5-1-4-16-15(17)3-2-6-19-16/h1-6,14,22H,7-13H2,(H,23,24)/p-1. The number of carbonyl (C=O) groups excluding carboxylic acids is 1. The summed E-state index contributed by atoms with van der Waals surface area (Å²) in [5.74, 6) is -0.338. The Labute approximate surface area is 146 Å². The Bertz CT molecular complexity index is 711. The number of aromatic nitrogens is 1. The number of piperazine rings is 1. The third-order valence-electron chi connectivity index (χ3n) is 4.32. The minimum Gasteiger partial charge on any atom is -0.549 e. The van der Waals surface area contributed by atoms with E-state index in [4.69, 9.17) is 4.74 Å². The number of rotatable bonds is 7. The van der Waals surface area contributed by atoms with E-state index in [9.17, 15) is 15.0 Å². The SMILES string of the molecule is O=C([O-])CN1CCN(CC(O)COc2cccc3ncccc23)CC1. The summed E-state index contributed by atoms with van der Waals surface area (Å²) in [4.78, 5) is 18.9. The molecule has 1 unspecified atom stereocenters. The Morgan fingerprint density at radius 2 is 1.96 bits per heavy atom. The van der Waals surface area contributed by atoms with Crippen molar-refractivity contribution in [1.29, 1.82) is 0 Å². The third kappa shape index (κ3) is 4.88. The number of aliphatic carboxylic acids is 1. The van der Waals surface area contributed by atoms with Crippen molar-refractivity contribution in [3.05, 3.63) is 36.5 Å². The van der Waals surface area contributed by atoms with Gasteiger partial charge in [-0.3, -0.25) is 14.8 Å². The van der Waals surface area contributed by atoms with Crippen molar-refractivity contribution in [2.24, 2.45) is 0 Å². The summed E-state index contributed by atoms with van der Waals surface area (Å²) >= 11 is 0. The van der Waals surface area contributed by atoms with Crippen molar-refractivity contribution < 1.29 is 19.7 Å². The maximum atomic E-state index is 10.6. The molecule has 0 amide bonds. The first-order chi connectivity index (χ1) is 12.1. The molecule has 7 heteroatoms. The van der Waals surface area contributed by atoms with Crippen molar-refractivity contribution in [2.45, 2.75) is 6.10 Å². The molecule has 1 atom stereocenters. The molecule has 3 rings (SSSR count). The van der Waals surface area contributed by atoms with Crippen LogP contribution in [0.1, 0.15) is 0 Å². The zero-order valence-corrected chi connectivity index (χ0v) is 14.0. The number of aliphatic hydroxyl groups excluding tert-OH is 1. The summed E-state index contributed by atoms with van der Waals surface area (Å²) < 4.78 is 5.78. The van der Waals surface area contributed by atoms with Gasteiger partial charge in [0.1, 0.15) is 18.5 Å². The molecule has 25 heavy (non-hydrogen) atoms. The van der Waals surface area contributed by atoms with Gasteiger partial charge in [-0.05, 0) is 24.3 Å². The van der Waals surface area contributed by atoms with Crippen LogP contribution in [0.2, 0.25) is 0 Å². The maximum absolute atomic E-state index is 10.6. The molecule has 7 nitrogen and oxygen atoms in total. The Hall–Kier alpha value is -2.22. The van der Waals surface area contributed by atoms with Gasteiger partial charge < -0.3 is 19.7 Å². The van der Waals surface area contributed by atoms with Gasteiger partial charge in [0, 0.05) is 50.9 Å². The molecule has 1 aromatic heterocycles. The summed E-state index contributed by atoms with van der Waals surface area (Å²) in [6.07, 6.45) is 1.13. The van der Waals surface area contributed by atoms with Gasteiger partial charge in [0.2, 0.25) is 0 Å². The molecule has 0 saturated carbocycles. The number of β-amino-alcohol motifs (C(OH)–C–C–N with tert-alkyl or cyclic N) is 1. The molecule has 1 aliphatic heterocycles. The first-order valence-electron chi connectivity index (χ1n) is 8.41. The van der Waals surface area contributed by atoms with Crippen LogP contribution in [0.4, 0.5) is 0 Å². The topological polar surface area (TPSA) is 89.0 Å². The number of ether oxygens (including phenoxy) is 1. The van der Waals surface area contributed by atoms with Crippen LogP contribution < -0.4 is 9.84 Å². The third-order valence-corrected chi connectivity index (χ3v) is 4.32. The highest BCUT2D eigenvalue weighted by molar-refractivity contribution is 5.84. The molecule has 2 aromatic rings. The smallest absolute Gasteiger partial charge is 0.128 e. The predicted molar refractivity (Wildman–Crippen MR) is 91.1 cm³/mol. The van der Waals surface area contributed by atoms with Gasteiger partial charge in [0.15, 0.2) is 0 Å². The Kier molecular flexibility index (Phi) is 5.80. The summed E-state index contributed by atoms with van der Waals surface area (Å²) in [6, 6.07) is 9.48. The number of aliphatic hydroxyl groups is 1. The zero-order chi connectivity index (χ0) is 17.6. The fourth-order valence-corrected chi connectivity index (χ4v) is 3.05. The molecule has 1 N–H and O–H groups in total. The highest BCUT2D eigenvalue weighted by Gasteiger charge is 2.19. The second-order valence-corrected chi connectivity index (χ2v) is 6.24. The molecule has 0 radical (unpaired) electrons. The zero-order valence-electron chi connectivity index (χ0n) is 14.0. The van der Waals surface area contributed by atoms with Crippen LogP contribution in [0.25, 0.3) is 10.9 Å². The number of hydrogen-bond donors (Lipinski definition) is 1. The molecule has 134 valence electrons. The fourth-order valence-electron chi connectivity index (χ4n) is 3.05. The van der Waals surface area contributed by atoms with E-state index in [0.717, 1.165) is 24.0 Å². The molecule has 0 spiro atoms. The average molecular weight is 344 g/mol. The number of carboxylic acid groups (broad SMARTS) is 1. The quantitative estimate of drug-likeness (QED) is 0.713. The lowest BCUT2D eigenvalue weighted by molar-refractivity contribution is -0.306. The molecular formula is C18H22N3O4-. The number of nitrogens with zero attached hydrogens (tertiary/aromatic N) is 3. The van der Waals surface area contributed by atoms with Gasteiger partial charge in [0.25, 0.3) is 0 Å². The summed E-state index contributed by atoms with van der Waals surface area (Å²) in [5, 5.41) is 21.8. The van der Waals surface area contributed by atoms with Crippen LogP contribution in [-0.2, 0) is 4.79 Å². The average Bonchev–Trinajstić information content (AvgIpc) is 2.61. The molecule has 2 heterocycles. The minimum atomic E-state index is -1.05. The summed E-state index contributed by atoms with van der Waals surface area (Å²) in [7, 11) is 0. The highest BCUT2D eigenvalue weighted by Crippen LogP contribution is 2.23. The van der Waals surface area contributed by atoms with Crippen LogP contribution in [0, 0.1) is 0 Å². The normalized spacial score (nSPS) is 17.5. The molecule has 1 fully saturated rings. The first kappa shape index (κ1) is 17.6. The van der Waals surface area contributed by atoms with E-state index in [1.807, 2.05) is 35.2 Å². The van der Waals surface area contributed by atoms with Crippen LogP contribution in [-0.4, -0.2) is 77.8 Å². The second kappa shape index (κ2) is 8.24. The molecule has 1 aliphatic rings. The Balaban J connectivity index is 1.47. The molecule has 0 aliphatic carbocycles. The van der Waals surface area contributed by atoms with E-state index >= 15 is 0 Å². The molecular weight excluding hydrogens is 322 g/mol. The van der Waals surface area contributed by atoms with Gasteiger partial charge in [-0.2, -0.15) is 0 Å². The van der Waals surface area contributed by atoms with Crippen molar-refractivity contribution >= 4 is 16.9 Å². The first-order valence-corrected chi connectivity index (χ1v) is 8.41. The molecule has 1 saturated heterocycles. The predicted octanol–water partition coefficient (Wildman–Crippen LogP) is -0.658. The van der Waals surface area contributed by atoms with Gasteiger partial charge in [0.05, 0.1) is 11.5 Å². The van der Waals surface area contributed by atoms with Gasteiger partial charge in [-0.25, -0.2) is 0 Å². The molecule has 0 bridgehead atoms. The van der Waals surface area contributed by atoms with Crippen LogP contribution in [0.15, 0.2) is 36.5 Å². The van der Waals surface area contributed by atoms with Gasteiger partial charge in [-0.1, -0.05) is 6.07 Å². The van der Waals surface area contributed by atoms with E-state index in [-0.39, 0.29) is 13.2 Å². The van der Waals surface area contributed by atoms with E-state index in [1.54, 1.807) is 6.20 Å². The van der Waals surface area contributed by atoms with Crippen molar-refractivity contribution in [3.8, 4) is 5.75 Å². The van der Waals surface area contributed by atoms with E-state index in [1.165, 1.54) is 0 Å². The fraction of sp³-hybridized carbons (Fsp3) is 0.444. The van der Waals surface area contributed by atoms with E-state index in [0.29, 0.717) is 25.4 Å². The monoisotopic (exact) mass is 344 g/mol.